The number of aromatic amines is 1. The SMILES string of the molecule is CC1CN(C(=O)c2cccc(NC(=O)c3n[nH]c4c3CCCC4)c2)CCO1. The van der Waals surface area contributed by atoms with E-state index in [1.807, 2.05) is 6.92 Å². The molecule has 1 aromatic heterocycles. The maximum atomic E-state index is 12.7. The maximum absolute atomic E-state index is 12.7. The fourth-order valence-corrected chi connectivity index (χ4v) is 3.77. The number of rotatable bonds is 3. The summed E-state index contributed by atoms with van der Waals surface area (Å²) in [5.41, 5.74) is 3.71. The Kier molecular flexibility index (Phi) is 4.94. The van der Waals surface area contributed by atoms with Gasteiger partial charge in [0.15, 0.2) is 5.69 Å². The summed E-state index contributed by atoms with van der Waals surface area (Å²) in [5, 5.41) is 10.1. The molecule has 0 bridgehead atoms. The van der Waals surface area contributed by atoms with E-state index >= 15 is 0 Å². The number of ether oxygens (including phenoxy) is 1. The van der Waals surface area contributed by atoms with Crippen LogP contribution in [0.15, 0.2) is 24.3 Å². The minimum Gasteiger partial charge on any atom is -0.375 e. The zero-order valence-electron chi connectivity index (χ0n) is 15.5. The van der Waals surface area contributed by atoms with Crippen LogP contribution in [0.5, 0.6) is 0 Å². The zero-order valence-corrected chi connectivity index (χ0v) is 15.5. The maximum Gasteiger partial charge on any atom is 0.276 e. The predicted molar refractivity (Wildman–Crippen MR) is 101 cm³/mol. The number of carbonyl (C=O) groups is 2. The Morgan fingerprint density at radius 3 is 3.00 bits per heavy atom. The highest BCUT2D eigenvalue weighted by molar-refractivity contribution is 6.05. The van der Waals surface area contributed by atoms with Crippen molar-refractivity contribution < 1.29 is 14.3 Å². The fourth-order valence-electron chi connectivity index (χ4n) is 3.77. The molecule has 7 heteroatoms. The topological polar surface area (TPSA) is 87.3 Å². The third-order valence-electron chi connectivity index (χ3n) is 5.17. The standard InChI is InChI=1S/C20H24N4O3/c1-13-12-24(9-10-27-13)20(26)14-5-4-6-15(11-14)21-19(25)18-16-7-2-3-8-17(16)22-23-18/h4-6,11,13H,2-3,7-10,12H2,1H3,(H,21,25)(H,22,23). The van der Waals surface area contributed by atoms with Crippen LogP contribution in [0.1, 0.15) is 51.9 Å². The van der Waals surface area contributed by atoms with Crippen LogP contribution in [0.2, 0.25) is 0 Å². The van der Waals surface area contributed by atoms with Crippen LogP contribution in [0.25, 0.3) is 0 Å². The Balaban J connectivity index is 1.48. The molecule has 4 rings (SSSR count). The number of carbonyl (C=O) groups excluding carboxylic acids is 2. The number of nitrogens with one attached hydrogen (secondary N) is 2. The molecule has 7 nitrogen and oxygen atoms in total. The Labute approximate surface area is 158 Å². The summed E-state index contributed by atoms with van der Waals surface area (Å²) in [6, 6.07) is 7.07. The number of aryl methyl sites for hydroxylation is 1. The van der Waals surface area contributed by atoms with Gasteiger partial charge in [-0.15, -0.1) is 0 Å². The average Bonchev–Trinajstić information content (AvgIpc) is 3.12. The molecule has 0 spiro atoms. The van der Waals surface area contributed by atoms with Gasteiger partial charge in [0.25, 0.3) is 11.8 Å². The molecule has 2 amide bonds. The first-order valence-electron chi connectivity index (χ1n) is 9.50. The molecule has 1 saturated heterocycles. The highest BCUT2D eigenvalue weighted by Crippen LogP contribution is 2.23. The van der Waals surface area contributed by atoms with Crippen molar-refractivity contribution in [3.05, 3.63) is 46.8 Å². The third kappa shape index (κ3) is 3.73. The van der Waals surface area contributed by atoms with Crippen LogP contribution in [0, 0.1) is 0 Å². The number of amides is 2. The number of aromatic nitrogens is 2. The number of morpholine rings is 1. The van der Waals surface area contributed by atoms with Gasteiger partial charge in [-0.3, -0.25) is 14.7 Å². The lowest BCUT2D eigenvalue weighted by Gasteiger charge is -2.31. The van der Waals surface area contributed by atoms with Crippen molar-refractivity contribution >= 4 is 17.5 Å². The molecule has 2 heterocycles. The summed E-state index contributed by atoms with van der Waals surface area (Å²) in [4.78, 5) is 27.2. The van der Waals surface area contributed by atoms with Gasteiger partial charge in [-0.2, -0.15) is 5.10 Å². The Bertz CT molecular complexity index is 861. The second-order valence-corrected chi connectivity index (χ2v) is 7.20. The third-order valence-corrected chi connectivity index (χ3v) is 5.17. The van der Waals surface area contributed by atoms with E-state index in [1.165, 1.54) is 0 Å². The van der Waals surface area contributed by atoms with Crippen LogP contribution >= 0.6 is 0 Å². The monoisotopic (exact) mass is 368 g/mol. The van der Waals surface area contributed by atoms with E-state index in [9.17, 15) is 9.59 Å². The number of hydrogen-bond acceptors (Lipinski definition) is 4. The van der Waals surface area contributed by atoms with Crippen molar-refractivity contribution in [2.45, 2.75) is 38.7 Å². The lowest BCUT2D eigenvalue weighted by atomic mass is 9.96. The number of hydrogen-bond donors (Lipinski definition) is 2. The van der Waals surface area contributed by atoms with Crippen molar-refractivity contribution in [2.24, 2.45) is 0 Å². The molecule has 1 atom stereocenters. The quantitative estimate of drug-likeness (QED) is 0.871. The van der Waals surface area contributed by atoms with E-state index in [0.29, 0.717) is 36.6 Å². The molecular weight excluding hydrogens is 344 g/mol. The second kappa shape index (κ2) is 7.52. The number of fused-ring (bicyclic) bond motifs is 1. The Morgan fingerprint density at radius 1 is 1.30 bits per heavy atom. The van der Waals surface area contributed by atoms with Gasteiger partial charge in [0, 0.05) is 35.6 Å². The zero-order chi connectivity index (χ0) is 18.8. The highest BCUT2D eigenvalue weighted by Gasteiger charge is 2.24. The summed E-state index contributed by atoms with van der Waals surface area (Å²) in [5.74, 6) is -0.280. The van der Waals surface area contributed by atoms with E-state index in [-0.39, 0.29) is 17.9 Å². The van der Waals surface area contributed by atoms with Crippen LogP contribution in [0.3, 0.4) is 0 Å². The Morgan fingerprint density at radius 2 is 2.15 bits per heavy atom. The van der Waals surface area contributed by atoms with Crippen molar-refractivity contribution in [3.63, 3.8) is 0 Å². The van der Waals surface area contributed by atoms with Crippen LogP contribution in [-0.2, 0) is 17.6 Å². The molecule has 142 valence electrons. The van der Waals surface area contributed by atoms with Gasteiger partial charge in [-0.25, -0.2) is 0 Å². The van der Waals surface area contributed by atoms with E-state index < -0.39 is 0 Å². The average molecular weight is 368 g/mol. The molecule has 1 fully saturated rings. The first kappa shape index (κ1) is 17.7. The second-order valence-electron chi connectivity index (χ2n) is 7.20. The number of benzene rings is 1. The first-order valence-corrected chi connectivity index (χ1v) is 9.50. The largest absolute Gasteiger partial charge is 0.375 e. The molecule has 2 aromatic rings. The van der Waals surface area contributed by atoms with Crippen LogP contribution < -0.4 is 5.32 Å². The summed E-state index contributed by atoms with van der Waals surface area (Å²) in [6.07, 6.45) is 4.06. The number of anilines is 1. The molecule has 2 aliphatic rings. The minimum atomic E-state index is -0.237. The lowest BCUT2D eigenvalue weighted by Crippen LogP contribution is -2.44. The molecule has 27 heavy (non-hydrogen) atoms. The van der Waals surface area contributed by atoms with Crippen molar-refractivity contribution in [1.82, 2.24) is 15.1 Å². The summed E-state index contributed by atoms with van der Waals surface area (Å²) >= 11 is 0. The van der Waals surface area contributed by atoms with Crippen molar-refractivity contribution in [1.29, 1.82) is 0 Å². The molecule has 2 N–H and O–H groups in total. The molecule has 1 unspecified atom stereocenters. The van der Waals surface area contributed by atoms with E-state index in [2.05, 4.69) is 15.5 Å². The van der Waals surface area contributed by atoms with Gasteiger partial charge >= 0.3 is 0 Å². The van der Waals surface area contributed by atoms with Gasteiger partial charge in [0.05, 0.1) is 12.7 Å². The summed E-state index contributed by atoms with van der Waals surface area (Å²) in [6.45, 7) is 3.67. The number of nitrogens with zero attached hydrogens (tertiary/aromatic N) is 2. The normalized spacial score (nSPS) is 19.4. The summed E-state index contributed by atoms with van der Waals surface area (Å²) < 4.78 is 5.50. The lowest BCUT2D eigenvalue weighted by molar-refractivity contribution is -0.0124. The Hall–Kier alpha value is -2.67. The minimum absolute atomic E-state index is 0.0384. The molecule has 0 radical (unpaired) electrons. The van der Waals surface area contributed by atoms with Gasteiger partial charge in [-0.05, 0) is 50.8 Å². The summed E-state index contributed by atoms with van der Waals surface area (Å²) in [7, 11) is 0. The van der Waals surface area contributed by atoms with Gasteiger partial charge in [0.1, 0.15) is 0 Å². The fraction of sp³-hybridized carbons (Fsp3) is 0.450. The molecule has 0 saturated carbocycles. The first-order chi connectivity index (χ1) is 13.1. The van der Waals surface area contributed by atoms with Crippen LogP contribution in [-0.4, -0.2) is 52.7 Å². The van der Waals surface area contributed by atoms with Crippen molar-refractivity contribution in [2.75, 3.05) is 25.0 Å². The van der Waals surface area contributed by atoms with Crippen molar-refractivity contribution in [3.8, 4) is 0 Å². The van der Waals surface area contributed by atoms with Gasteiger partial charge in [0.2, 0.25) is 0 Å². The van der Waals surface area contributed by atoms with E-state index in [0.717, 1.165) is 36.9 Å². The molecular formula is C20H24N4O3. The molecule has 1 aliphatic carbocycles. The van der Waals surface area contributed by atoms with E-state index in [1.54, 1.807) is 29.2 Å². The van der Waals surface area contributed by atoms with E-state index in [4.69, 9.17) is 4.74 Å². The van der Waals surface area contributed by atoms with Gasteiger partial charge < -0.3 is 15.0 Å². The van der Waals surface area contributed by atoms with Gasteiger partial charge in [-0.1, -0.05) is 6.07 Å². The van der Waals surface area contributed by atoms with Crippen LogP contribution in [0.4, 0.5) is 5.69 Å². The number of H-pyrrole nitrogens is 1. The molecule has 1 aromatic carbocycles. The highest BCUT2D eigenvalue weighted by atomic mass is 16.5. The predicted octanol–water partition coefficient (Wildman–Crippen LogP) is 2.40. The smallest absolute Gasteiger partial charge is 0.276 e. The molecule has 1 aliphatic heterocycles.